The van der Waals surface area contributed by atoms with Crippen molar-refractivity contribution in [1.82, 2.24) is 5.32 Å². The van der Waals surface area contributed by atoms with E-state index in [1.807, 2.05) is 0 Å². The van der Waals surface area contributed by atoms with E-state index in [2.05, 4.69) is 12.2 Å². The SMILES string of the molecule is CCCCCCCOc1ccc(CC[C@@](COC(C)=O)(COP(=O)(OC(C)(C)C)OC(C)(C)C)NC(C)=O)cc1C(F)(F)F. The van der Waals surface area contributed by atoms with Gasteiger partial charge in [-0.15, -0.1) is 0 Å². The van der Waals surface area contributed by atoms with Crippen LogP contribution in [0.2, 0.25) is 0 Å². The van der Waals surface area contributed by atoms with Crippen molar-refractivity contribution in [3.63, 3.8) is 0 Å². The summed E-state index contributed by atoms with van der Waals surface area (Å²) in [5, 5.41) is 2.70. The summed E-state index contributed by atoms with van der Waals surface area (Å²) >= 11 is 0. The van der Waals surface area contributed by atoms with Crippen molar-refractivity contribution in [2.75, 3.05) is 19.8 Å². The number of carbonyl (C=O) groups is 2. The quantitative estimate of drug-likeness (QED) is 0.0960. The van der Waals surface area contributed by atoms with E-state index >= 15 is 0 Å². The largest absolute Gasteiger partial charge is 0.493 e. The first-order valence-electron chi connectivity index (χ1n) is 15.0. The van der Waals surface area contributed by atoms with E-state index in [1.165, 1.54) is 26.0 Å². The average molecular weight is 654 g/mol. The number of esters is 1. The van der Waals surface area contributed by atoms with Crippen LogP contribution < -0.4 is 10.1 Å². The molecule has 254 valence electrons. The summed E-state index contributed by atoms with van der Waals surface area (Å²) in [6.45, 7) is 13.7. The molecule has 0 saturated carbocycles. The number of halogens is 3. The predicted octanol–water partition coefficient (Wildman–Crippen LogP) is 8.18. The Balaban J connectivity index is 3.33. The van der Waals surface area contributed by atoms with Gasteiger partial charge in [0.25, 0.3) is 0 Å². The Morgan fingerprint density at radius 2 is 1.48 bits per heavy atom. The molecule has 1 amide bonds. The van der Waals surface area contributed by atoms with E-state index in [0.29, 0.717) is 12.0 Å². The minimum Gasteiger partial charge on any atom is -0.493 e. The van der Waals surface area contributed by atoms with Crippen molar-refractivity contribution in [3.8, 4) is 5.75 Å². The molecule has 1 atom stereocenters. The number of hydrogen-bond acceptors (Lipinski definition) is 8. The highest BCUT2D eigenvalue weighted by Crippen LogP contribution is 2.56. The summed E-state index contributed by atoms with van der Waals surface area (Å²) in [5.41, 5.74) is -3.99. The van der Waals surface area contributed by atoms with Crippen LogP contribution in [0.25, 0.3) is 0 Å². The molecule has 1 N–H and O–H groups in total. The summed E-state index contributed by atoms with van der Waals surface area (Å²) in [5.74, 6) is -1.44. The number of rotatable bonds is 18. The van der Waals surface area contributed by atoms with Crippen LogP contribution in [0.3, 0.4) is 0 Å². The van der Waals surface area contributed by atoms with E-state index in [-0.39, 0.29) is 25.2 Å². The van der Waals surface area contributed by atoms with Gasteiger partial charge in [-0.25, -0.2) is 4.57 Å². The maximum Gasteiger partial charge on any atom is 0.475 e. The minimum atomic E-state index is -4.66. The first-order valence-corrected chi connectivity index (χ1v) is 16.5. The number of phosphoric ester groups is 1. The van der Waals surface area contributed by atoms with E-state index < -0.39 is 61.4 Å². The molecular formula is C31H51F3NO8P. The number of nitrogens with one attached hydrogen (secondary N) is 1. The zero-order chi connectivity index (χ0) is 33.8. The maximum atomic E-state index is 14.0. The van der Waals surface area contributed by atoms with Gasteiger partial charge in [0, 0.05) is 13.8 Å². The molecule has 0 spiro atoms. The summed E-state index contributed by atoms with van der Waals surface area (Å²) < 4.78 is 83.6. The van der Waals surface area contributed by atoms with Gasteiger partial charge in [0.1, 0.15) is 12.4 Å². The molecule has 1 rings (SSSR count). The fraction of sp³-hybridized carbons (Fsp3) is 0.742. The number of unbranched alkanes of at least 4 members (excludes halogenated alkanes) is 4. The normalized spacial score (nSPS) is 14.2. The average Bonchev–Trinajstić information content (AvgIpc) is 2.84. The van der Waals surface area contributed by atoms with Crippen molar-refractivity contribution in [2.45, 2.75) is 130 Å². The summed E-state index contributed by atoms with van der Waals surface area (Å²) in [6.07, 6.45) is -0.0486. The van der Waals surface area contributed by atoms with Crippen LogP contribution >= 0.6 is 7.82 Å². The second-order valence-corrected chi connectivity index (χ2v) is 14.5. The van der Waals surface area contributed by atoms with E-state index in [1.54, 1.807) is 41.5 Å². The van der Waals surface area contributed by atoms with E-state index in [0.717, 1.165) is 31.7 Å². The molecule has 1 aromatic rings. The number of phosphoric acid groups is 1. The van der Waals surface area contributed by atoms with Crippen molar-refractivity contribution in [2.24, 2.45) is 0 Å². The molecule has 44 heavy (non-hydrogen) atoms. The Kier molecular flexibility index (Phi) is 15.4. The number of alkyl halides is 3. The van der Waals surface area contributed by atoms with E-state index in [4.69, 9.17) is 23.0 Å². The van der Waals surface area contributed by atoms with Gasteiger partial charge in [0.15, 0.2) is 0 Å². The van der Waals surface area contributed by atoms with Crippen LogP contribution in [0.5, 0.6) is 5.75 Å². The summed E-state index contributed by atoms with van der Waals surface area (Å²) in [4.78, 5) is 24.1. The summed E-state index contributed by atoms with van der Waals surface area (Å²) in [7, 11) is -4.26. The standard InChI is InChI=1S/C31H51F3NO8P/c1-10-11-12-13-14-19-39-27-16-15-25(20-26(27)31(32,33)34)17-18-30(35-23(2)36,21-40-24(3)37)22-41-44(38,42-28(4,5)6)43-29(7,8)9/h15-16,20H,10-14,17-19,21-22H2,1-9H3,(H,35,36)/t30-/m1/s1. The first kappa shape index (κ1) is 39.9. The first-order chi connectivity index (χ1) is 20.1. The monoisotopic (exact) mass is 653 g/mol. The van der Waals surface area contributed by atoms with Crippen LogP contribution in [0.15, 0.2) is 18.2 Å². The molecule has 0 aromatic heterocycles. The number of amides is 1. The van der Waals surface area contributed by atoms with Crippen LogP contribution in [-0.4, -0.2) is 48.4 Å². The second kappa shape index (κ2) is 17.0. The van der Waals surface area contributed by atoms with Crippen LogP contribution in [0.1, 0.15) is 112 Å². The Morgan fingerprint density at radius 1 is 0.886 bits per heavy atom. The van der Waals surface area contributed by atoms with Gasteiger partial charge in [-0.05, 0) is 78.5 Å². The number of benzene rings is 1. The second-order valence-electron chi connectivity index (χ2n) is 13.0. The van der Waals surface area contributed by atoms with Crippen LogP contribution in [0, 0.1) is 0 Å². The topological polar surface area (TPSA) is 109 Å². The highest BCUT2D eigenvalue weighted by Gasteiger charge is 2.42. The molecule has 0 aliphatic rings. The van der Waals surface area contributed by atoms with Crippen LogP contribution in [0.4, 0.5) is 13.2 Å². The number of carbonyl (C=O) groups excluding carboxylic acids is 2. The molecule has 0 heterocycles. The molecule has 0 radical (unpaired) electrons. The lowest BCUT2D eigenvalue weighted by Crippen LogP contribution is -2.55. The van der Waals surface area contributed by atoms with E-state index in [9.17, 15) is 27.3 Å². The number of hydrogen-bond donors (Lipinski definition) is 1. The number of ether oxygens (including phenoxy) is 2. The van der Waals surface area contributed by atoms with Crippen molar-refractivity contribution >= 4 is 19.7 Å². The van der Waals surface area contributed by atoms with Crippen molar-refractivity contribution in [1.29, 1.82) is 0 Å². The highest BCUT2D eigenvalue weighted by atomic mass is 31.2. The Hall–Kier alpha value is -2.14. The Morgan fingerprint density at radius 3 is 1.98 bits per heavy atom. The highest BCUT2D eigenvalue weighted by molar-refractivity contribution is 7.48. The molecule has 1 aromatic carbocycles. The van der Waals surface area contributed by atoms with Gasteiger partial charge in [-0.1, -0.05) is 38.7 Å². The molecule has 13 heteroatoms. The van der Waals surface area contributed by atoms with Crippen LogP contribution in [-0.2, 0) is 45.1 Å². The molecule has 0 bridgehead atoms. The lowest BCUT2D eigenvalue weighted by Gasteiger charge is -2.37. The van der Waals surface area contributed by atoms with Gasteiger partial charge in [0.2, 0.25) is 5.91 Å². The van der Waals surface area contributed by atoms with Gasteiger partial charge in [-0.3, -0.25) is 23.2 Å². The fourth-order valence-corrected chi connectivity index (χ4v) is 6.12. The lowest BCUT2D eigenvalue weighted by atomic mass is 9.91. The third-order valence-corrected chi connectivity index (χ3v) is 8.00. The summed E-state index contributed by atoms with van der Waals surface area (Å²) in [6, 6.07) is 3.81. The lowest BCUT2D eigenvalue weighted by molar-refractivity contribution is -0.145. The molecule has 0 aliphatic carbocycles. The van der Waals surface area contributed by atoms with Gasteiger partial charge in [-0.2, -0.15) is 13.2 Å². The predicted molar refractivity (Wildman–Crippen MR) is 162 cm³/mol. The van der Waals surface area contributed by atoms with Gasteiger partial charge >= 0.3 is 20.0 Å². The third kappa shape index (κ3) is 16.3. The Bertz CT molecular complexity index is 1090. The van der Waals surface area contributed by atoms with Gasteiger partial charge < -0.3 is 14.8 Å². The smallest absolute Gasteiger partial charge is 0.475 e. The zero-order valence-corrected chi connectivity index (χ0v) is 28.5. The number of aryl methyl sites for hydroxylation is 1. The molecule has 0 unspecified atom stereocenters. The molecule has 9 nitrogen and oxygen atoms in total. The zero-order valence-electron chi connectivity index (χ0n) is 27.7. The maximum absolute atomic E-state index is 14.0. The van der Waals surface area contributed by atoms with Crippen molar-refractivity contribution < 1.29 is 50.4 Å². The fourth-order valence-electron chi connectivity index (χ4n) is 4.23. The Labute approximate surface area is 260 Å². The van der Waals surface area contributed by atoms with Gasteiger partial charge in [0.05, 0.1) is 35.5 Å². The molecular weight excluding hydrogens is 602 g/mol. The van der Waals surface area contributed by atoms with Crippen molar-refractivity contribution in [3.05, 3.63) is 29.3 Å². The molecule has 0 fully saturated rings. The molecule has 0 aliphatic heterocycles. The minimum absolute atomic E-state index is 0.00976. The third-order valence-electron chi connectivity index (χ3n) is 6.01. The molecule has 0 saturated heterocycles.